The fourth-order valence-electron chi connectivity index (χ4n) is 3.90. The molecule has 1 aromatic heterocycles. The van der Waals surface area contributed by atoms with Crippen LogP contribution in [0.4, 0.5) is 0 Å². The molecular weight excluding hydrogens is 404 g/mol. The molecule has 0 aliphatic carbocycles. The Bertz CT molecular complexity index is 1210. The summed E-state index contributed by atoms with van der Waals surface area (Å²) in [5.74, 6) is 1.67. The fourth-order valence-corrected chi connectivity index (χ4v) is 3.90. The van der Waals surface area contributed by atoms with Crippen molar-refractivity contribution >= 4 is 16.8 Å². The molecule has 2 N–H and O–H groups in total. The first-order valence-electron chi connectivity index (χ1n) is 10.3. The molecule has 4 aromatic rings. The Morgan fingerprint density at radius 2 is 1.66 bits per heavy atom. The van der Waals surface area contributed by atoms with E-state index < -0.39 is 0 Å². The number of carbonyl (C=O) groups excluding carboxylic acids is 1. The van der Waals surface area contributed by atoms with E-state index in [9.17, 15) is 4.79 Å². The summed E-state index contributed by atoms with van der Waals surface area (Å²) in [6.45, 7) is 0.432. The SMILES string of the molecule is COc1ccc(C(CNC(=O)c2ccc(OC)c(OC)c2)c2c[nH]c3ccccc23)cc1. The van der Waals surface area contributed by atoms with Crippen LogP contribution in [0.15, 0.2) is 72.9 Å². The minimum Gasteiger partial charge on any atom is -0.497 e. The highest BCUT2D eigenvalue weighted by atomic mass is 16.5. The van der Waals surface area contributed by atoms with Crippen LogP contribution in [0.5, 0.6) is 17.2 Å². The van der Waals surface area contributed by atoms with Crippen LogP contribution >= 0.6 is 0 Å². The molecule has 1 amide bonds. The average Bonchev–Trinajstić information content (AvgIpc) is 3.28. The number of carbonyl (C=O) groups is 1. The normalized spacial score (nSPS) is 11.7. The number of benzene rings is 3. The molecule has 0 spiro atoms. The van der Waals surface area contributed by atoms with Crippen LogP contribution < -0.4 is 19.5 Å². The lowest BCUT2D eigenvalue weighted by Crippen LogP contribution is -2.29. The van der Waals surface area contributed by atoms with Crippen molar-refractivity contribution in [3.63, 3.8) is 0 Å². The number of rotatable bonds is 8. The van der Waals surface area contributed by atoms with Gasteiger partial charge in [0.1, 0.15) is 5.75 Å². The van der Waals surface area contributed by atoms with Crippen LogP contribution in [0.25, 0.3) is 10.9 Å². The molecule has 0 saturated heterocycles. The number of hydrogen-bond acceptors (Lipinski definition) is 4. The summed E-state index contributed by atoms with van der Waals surface area (Å²) in [6, 6.07) is 21.3. The molecule has 164 valence electrons. The minimum atomic E-state index is -0.177. The van der Waals surface area contributed by atoms with Gasteiger partial charge in [-0.2, -0.15) is 0 Å². The summed E-state index contributed by atoms with van der Waals surface area (Å²) in [7, 11) is 4.77. The summed E-state index contributed by atoms with van der Waals surface area (Å²) < 4.78 is 15.9. The van der Waals surface area contributed by atoms with E-state index in [2.05, 4.69) is 16.4 Å². The van der Waals surface area contributed by atoms with Gasteiger partial charge in [0.25, 0.3) is 5.91 Å². The molecule has 32 heavy (non-hydrogen) atoms. The second-order valence-corrected chi connectivity index (χ2v) is 7.40. The van der Waals surface area contributed by atoms with E-state index in [1.807, 2.05) is 48.7 Å². The maximum atomic E-state index is 12.9. The molecule has 0 bridgehead atoms. The quantitative estimate of drug-likeness (QED) is 0.423. The van der Waals surface area contributed by atoms with Crippen LogP contribution in [0.2, 0.25) is 0 Å². The number of ether oxygens (including phenoxy) is 3. The fraction of sp³-hybridized carbons (Fsp3) is 0.192. The summed E-state index contributed by atoms with van der Waals surface area (Å²) in [5.41, 5.74) is 3.78. The lowest BCUT2D eigenvalue weighted by atomic mass is 9.90. The van der Waals surface area contributed by atoms with Gasteiger partial charge in [-0.25, -0.2) is 0 Å². The Kier molecular flexibility index (Phi) is 6.31. The average molecular weight is 431 g/mol. The van der Waals surface area contributed by atoms with Crippen LogP contribution in [0, 0.1) is 0 Å². The molecule has 0 saturated carbocycles. The summed E-state index contributed by atoms with van der Waals surface area (Å²) in [5, 5.41) is 4.22. The Labute approximate surface area is 187 Å². The number of fused-ring (bicyclic) bond motifs is 1. The summed E-state index contributed by atoms with van der Waals surface area (Å²) in [6.07, 6.45) is 2.02. The van der Waals surface area contributed by atoms with E-state index in [0.29, 0.717) is 23.6 Å². The molecule has 0 aliphatic heterocycles. The van der Waals surface area contributed by atoms with Crippen molar-refractivity contribution in [2.24, 2.45) is 0 Å². The number of amides is 1. The third-order valence-electron chi connectivity index (χ3n) is 5.63. The van der Waals surface area contributed by atoms with Crippen LogP contribution in [-0.2, 0) is 0 Å². The number of para-hydroxylation sites is 1. The second-order valence-electron chi connectivity index (χ2n) is 7.40. The predicted octanol–water partition coefficient (Wildman–Crippen LogP) is 4.76. The van der Waals surface area contributed by atoms with Gasteiger partial charge in [0, 0.05) is 35.1 Å². The van der Waals surface area contributed by atoms with Gasteiger partial charge in [0.15, 0.2) is 11.5 Å². The van der Waals surface area contributed by atoms with E-state index in [4.69, 9.17) is 14.2 Å². The van der Waals surface area contributed by atoms with Crippen LogP contribution in [0.3, 0.4) is 0 Å². The molecular formula is C26H26N2O4. The number of nitrogens with one attached hydrogen (secondary N) is 2. The first-order chi connectivity index (χ1) is 15.6. The van der Waals surface area contributed by atoms with Crippen molar-refractivity contribution in [2.45, 2.75) is 5.92 Å². The zero-order chi connectivity index (χ0) is 22.5. The predicted molar refractivity (Wildman–Crippen MR) is 125 cm³/mol. The Hall–Kier alpha value is -3.93. The van der Waals surface area contributed by atoms with Gasteiger partial charge in [-0.05, 0) is 47.5 Å². The van der Waals surface area contributed by atoms with Crippen molar-refractivity contribution in [1.82, 2.24) is 10.3 Å². The van der Waals surface area contributed by atoms with Crippen molar-refractivity contribution in [3.8, 4) is 17.2 Å². The summed E-state index contributed by atoms with van der Waals surface area (Å²) in [4.78, 5) is 16.3. The lowest BCUT2D eigenvalue weighted by molar-refractivity contribution is 0.0952. The van der Waals surface area contributed by atoms with E-state index in [0.717, 1.165) is 27.8 Å². The molecule has 0 radical (unpaired) electrons. The molecule has 6 heteroatoms. The van der Waals surface area contributed by atoms with Crippen molar-refractivity contribution < 1.29 is 19.0 Å². The van der Waals surface area contributed by atoms with E-state index in [-0.39, 0.29) is 11.8 Å². The van der Waals surface area contributed by atoms with Crippen molar-refractivity contribution in [1.29, 1.82) is 0 Å². The number of H-pyrrole nitrogens is 1. The summed E-state index contributed by atoms with van der Waals surface area (Å²) >= 11 is 0. The van der Waals surface area contributed by atoms with Crippen molar-refractivity contribution in [2.75, 3.05) is 27.9 Å². The van der Waals surface area contributed by atoms with Gasteiger partial charge in [0.05, 0.1) is 21.3 Å². The topological polar surface area (TPSA) is 72.6 Å². The zero-order valence-electron chi connectivity index (χ0n) is 18.3. The first-order valence-corrected chi connectivity index (χ1v) is 10.3. The van der Waals surface area contributed by atoms with Gasteiger partial charge in [-0.15, -0.1) is 0 Å². The maximum absolute atomic E-state index is 12.9. The zero-order valence-corrected chi connectivity index (χ0v) is 18.3. The molecule has 6 nitrogen and oxygen atoms in total. The number of aromatic amines is 1. The standard InChI is InChI=1S/C26H26N2O4/c1-30-19-11-8-17(9-12-19)21(22-16-27-23-7-5-4-6-20(22)23)15-28-26(29)18-10-13-24(31-2)25(14-18)32-3/h4-14,16,21,27H,15H2,1-3H3,(H,28,29). The third-order valence-corrected chi connectivity index (χ3v) is 5.63. The van der Waals surface area contributed by atoms with Crippen LogP contribution in [0.1, 0.15) is 27.4 Å². The van der Waals surface area contributed by atoms with Gasteiger partial charge < -0.3 is 24.5 Å². The Balaban J connectivity index is 1.63. The maximum Gasteiger partial charge on any atom is 0.251 e. The van der Waals surface area contributed by atoms with Gasteiger partial charge >= 0.3 is 0 Å². The number of methoxy groups -OCH3 is 3. The van der Waals surface area contributed by atoms with Crippen molar-refractivity contribution in [3.05, 3.63) is 89.6 Å². The van der Waals surface area contributed by atoms with E-state index in [1.165, 1.54) is 0 Å². The highest BCUT2D eigenvalue weighted by Gasteiger charge is 2.20. The number of aromatic nitrogens is 1. The Morgan fingerprint density at radius 3 is 2.38 bits per heavy atom. The smallest absolute Gasteiger partial charge is 0.251 e. The monoisotopic (exact) mass is 430 g/mol. The molecule has 1 unspecified atom stereocenters. The lowest BCUT2D eigenvalue weighted by Gasteiger charge is -2.19. The van der Waals surface area contributed by atoms with E-state index >= 15 is 0 Å². The molecule has 1 heterocycles. The van der Waals surface area contributed by atoms with Crippen LogP contribution in [-0.4, -0.2) is 38.8 Å². The Morgan fingerprint density at radius 1 is 0.906 bits per heavy atom. The molecule has 3 aromatic carbocycles. The third kappa shape index (κ3) is 4.25. The largest absolute Gasteiger partial charge is 0.497 e. The molecule has 1 atom stereocenters. The highest BCUT2D eigenvalue weighted by molar-refractivity contribution is 5.95. The highest BCUT2D eigenvalue weighted by Crippen LogP contribution is 2.32. The molecule has 0 aliphatic rings. The molecule has 4 rings (SSSR count). The second kappa shape index (κ2) is 9.47. The van der Waals surface area contributed by atoms with Gasteiger partial charge in [-0.3, -0.25) is 4.79 Å². The minimum absolute atomic E-state index is 0.0406. The van der Waals surface area contributed by atoms with Gasteiger partial charge in [-0.1, -0.05) is 30.3 Å². The van der Waals surface area contributed by atoms with E-state index in [1.54, 1.807) is 39.5 Å². The number of hydrogen-bond donors (Lipinski definition) is 2. The molecule has 0 fully saturated rings. The van der Waals surface area contributed by atoms with Gasteiger partial charge in [0.2, 0.25) is 0 Å². The first kappa shape index (κ1) is 21.3.